The maximum atomic E-state index is 6.42. The first-order chi connectivity index (χ1) is 10.1. The summed E-state index contributed by atoms with van der Waals surface area (Å²) in [6.45, 7) is 5.38. The fourth-order valence-electron chi connectivity index (χ4n) is 2.43. The highest BCUT2D eigenvalue weighted by Crippen LogP contribution is 2.35. The van der Waals surface area contributed by atoms with Gasteiger partial charge in [-0.2, -0.15) is 0 Å². The number of benzene rings is 1. The lowest BCUT2D eigenvalue weighted by Gasteiger charge is -2.21. The van der Waals surface area contributed by atoms with E-state index in [1.807, 2.05) is 12.1 Å². The zero-order valence-corrected chi connectivity index (χ0v) is 14.9. The van der Waals surface area contributed by atoms with Gasteiger partial charge in [0.05, 0.1) is 12.1 Å². The molecule has 1 aromatic carbocycles. The first-order valence-corrected chi connectivity index (χ1v) is 8.65. The van der Waals surface area contributed by atoms with Crippen LogP contribution in [-0.2, 0) is 0 Å². The van der Waals surface area contributed by atoms with Crippen LogP contribution in [0.2, 0.25) is 10.0 Å². The summed E-state index contributed by atoms with van der Waals surface area (Å²) in [4.78, 5) is 0. The third-order valence-electron chi connectivity index (χ3n) is 3.63. The number of unbranched alkanes of at least 4 members (excludes halogenated alkanes) is 3. The van der Waals surface area contributed by atoms with Gasteiger partial charge in [-0.25, -0.2) is 0 Å². The van der Waals surface area contributed by atoms with Crippen molar-refractivity contribution in [3.8, 4) is 5.75 Å². The number of halogens is 2. The molecule has 0 radical (unpaired) electrons. The largest absolute Gasteiger partial charge is 0.495 e. The number of methoxy groups -OCH3 is 1. The number of hydrogen-bond donors (Lipinski definition) is 1. The predicted octanol–water partition coefficient (Wildman–Crippen LogP) is 6.01. The van der Waals surface area contributed by atoms with Crippen molar-refractivity contribution in [1.82, 2.24) is 5.32 Å². The van der Waals surface area contributed by atoms with Crippen LogP contribution in [0.1, 0.15) is 64.0 Å². The molecular formula is C17H27Cl2NO. The third-order valence-corrected chi connectivity index (χ3v) is 4.26. The summed E-state index contributed by atoms with van der Waals surface area (Å²) < 4.78 is 5.22. The van der Waals surface area contributed by atoms with Crippen molar-refractivity contribution < 1.29 is 4.74 Å². The Kier molecular flexibility index (Phi) is 9.14. The molecule has 1 rings (SSSR count). The molecule has 4 heteroatoms. The Morgan fingerprint density at radius 1 is 1.05 bits per heavy atom. The number of nitrogens with one attached hydrogen (secondary N) is 1. The van der Waals surface area contributed by atoms with Crippen molar-refractivity contribution in [1.29, 1.82) is 0 Å². The van der Waals surface area contributed by atoms with Gasteiger partial charge in [-0.15, -0.1) is 0 Å². The van der Waals surface area contributed by atoms with Crippen LogP contribution in [0.15, 0.2) is 12.1 Å². The maximum absolute atomic E-state index is 6.42. The van der Waals surface area contributed by atoms with Gasteiger partial charge in [0, 0.05) is 17.1 Å². The van der Waals surface area contributed by atoms with E-state index in [-0.39, 0.29) is 6.04 Å². The highest BCUT2D eigenvalue weighted by molar-refractivity contribution is 6.34. The van der Waals surface area contributed by atoms with Gasteiger partial charge in [0.2, 0.25) is 0 Å². The molecule has 0 aromatic heterocycles. The van der Waals surface area contributed by atoms with Gasteiger partial charge in [-0.3, -0.25) is 0 Å². The van der Waals surface area contributed by atoms with E-state index in [0.717, 1.165) is 30.0 Å². The standard InChI is InChI=1S/C17H27Cl2NO/c1-4-6-7-8-9-16(20-10-5-2)13-11-15(19)17(21-3)12-14(13)18/h11-12,16,20H,4-10H2,1-3H3. The van der Waals surface area contributed by atoms with Crippen LogP contribution in [0.25, 0.3) is 0 Å². The summed E-state index contributed by atoms with van der Waals surface area (Å²) in [6.07, 6.45) is 7.20. The van der Waals surface area contributed by atoms with Crippen LogP contribution in [-0.4, -0.2) is 13.7 Å². The Balaban J connectivity index is 2.83. The average Bonchev–Trinajstić information content (AvgIpc) is 2.48. The van der Waals surface area contributed by atoms with Crippen LogP contribution < -0.4 is 10.1 Å². The molecule has 120 valence electrons. The molecule has 1 atom stereocenters. The summed E-state index contributed by atoms with van der Waals surface area (Å²) in [7, 11) is 1.61. The molecule has 0 fully saturated rings. The maximum Gasteiger partial charge on any atom is 0.138 e. The van der Waals surface area contributed by atoms with Gasteiger partial charge in [0.25, 0.3) is 0 Å². The van der Waals surface area contributed by atoms with E-state index in [2.05, 4.69) is 19.2 Å². The second kappa shape index (κ2) is 10.3. The minimum atomic E-state index is 0.262. The minimum Gasteiger partial charge on any atom is -0.495 e. The highest BCUT2D eigenvalue weighted by atomic mass is 35.5. The van der Waals surface area contributed by atoms with Crippen molar-refractivity contribution in [2.45, 2.75) is 58.4 Å². The summed E-state index contributed by atoms with van der Waals surface area (Å²) in [5, 5.41) is 4.93. The summed E-state index contributed by atoms with van der Waals surface area (Å²) in [6, 6.07) is 4.01. The first kappa shape index (κ1) is 18.6. The molecule has 0 aliphatic heterocycles. The van der Waals surface area contributed by atoms with Crippen molar-refractivity contribution in [2.24, 2.45) is 0 Å². The predicted molar refractivity (Wildman–Crippen MR) is 92.8 cm³/mol. The summed E-state index contributed by atoms with van der Waals surface area (Å²) in [5.41, 5.74) is 1.08. The quantitative estimate of drug-likeness (QED) is 0.530. The fourth-order valence-corrected chi connectivity index (χ4v) is 2.96. The van der Waals surface area contributed by atoms with E-state index in [4.69, 9.17) is 27.9 Å². The van der Waals surface area contributed by atoms with Gasteiger partial charge in [-0.05, 0) is 31.0 Å². The zero-order valence-electron chi connectivity index (χ0n) is 13.3. The first-order valence-electron chi connectivity index (χ1n) is 7.90. The van der Waals surface area contributed by atoms with Crippen LogP contribution in [0, 0.1) is 0 Å². The molecule has 0 heterocycles. The second-order valence-corrected chi connectivity index (χ2v) is 6.18. The summed E-state index contributed by atoms with van der Waals surface area (Å²) >= 11 is 12.7. The third kappa shape index (κ3) is 6.06. The van der Waals surface area contributed by atoms with Crippen molar-refractivity contribution in [3.05, 3.63) is 27.7 Å². The van der Waals surface area contributed by atoms with Crippen LogP contribution in [0.4, 0.5) is 0 Å². The lowest BCUT2D eigenvalue weighted by Crippen LogP contribution is -2.22. The molecular weight excluding hydrogens is 305 g/mol. The Hall–Kier alpha value is -0.440. The van der Waals surface area contributed by atoms with Gasteiger partial charge in [0.15, 0.2) is 0 Å². The molecule has 0 saturated carbocycles. The number of ether oxygens (including phenoxy) is 1. The molecule has 0 aliphatic carbocycles. The highest BCUT2D eigenvalue weighted by Gasteiger charge is 2.16. The molecule has 2 nitrogen and oxygen atoms in total. The Morgan fingerprint density at radius 2 is 1.81 bits per heavy atom. The van der Waals surface area contributed by atoms with Crippen molar-refractivity contribution in [2.75, 3.05) is 13.7 Å². The van der Waals surface area contributed by atoms with Crippen LogP contribution >= 0.6 is 23.2 Å². The Bertz CT molecular complexity index is 423. The smallest absolute Gasteiger partial charge is 0.138 e. The fraction of sp³-hybridized carbons (Fsp3) is 0.647. The molecule has 0 spiro atoms. The van der Waals surface area contributed by atoms with Crippen LogP contribution in [0.3, 0.4) is 0 Å². The van der Waals surface area contributed by atoms with E-state index in [1.165, 1.54) is 25.7 Å². The van der Waals surface area contributed by atoms with Gasteiger partial charge >= 0.3 is 0 Å². The second-order valence-electron chi connectivity index (χ2n) is 5.36. The normalized spacial score (nSPS) is 12.4. The lowest BCUT2D eigenvalue weighted by atomic mass is 9.99. The number of rotatable bonds is 10. The molecule has 1 unspecified atom stereocenters. The molecule has 1 aromatic rings. The summed E-state index contributed by atoms with van der Waals surface area (Å²) in [5.74, 6) is 0.630. The molecule has 21 heavy (non-hydrogen) atoms. The number of hydrogen-bond acceptors (Lipinski definition) is 2. The molecule has 0 aliphatic rings. The Labute approximate surface area is 139 Å². The van der Waals surface area contributed by atoms with Crippen molar-refractivity contribution >= 4 is 23.2 Å². The molecule has 0 saturated heterocycles. The van der Waals surface area contributed by atoms with E-state index < -0.39 is 0 Å². The average molecular weight is 332 g/mol. The van der Waals surface area contributed by atoms with E-state index in [9.17, 15) is 0 Å². The monoisotopic (exact) mass is 331 g/mol. The SMILES string of the molecule is CCCCCCC(NCCC)c1cc(Cl)c(OC)cc1Cl. The minimum absolute atomic E-state index is 0.262. The molecule has 0 bridgehead atoms. The zero-order chi connectivity index (χ0) is 15.7. The van der Waals surface area contributed by atoms with E-state index in [1.54, 1.807) is 7.11 Å². The van der Waals surface area contributed by atoms with Crippen LogP contribution in [0.5, 0.6) is 5.75 Å². The van der Waals surface area contributed by atoms with Gasteiger partial charge in [0.1, 0.15) is 5.75 Å². The Morgan fingerprint density at radius 3 is 2.43 bits per heavy atom. The van der Waals surface area contributed by atoms with E-state index >= 15 is 0 Å². The van der Waals surface area contributed by atoms with Gasteiger partial charge < -0.3 is 10.1 Å². The van der Waals surface area contributed by atoms with E-state index in [0.29, 0.717) is 10.8 Å². The molecule has 1 N–H and O–H groups in total. The lowest BCUT2D eigenvalue weighted by molar-refractivity contribution is 0.414. The molecule has 0 amide bonds. The van der Waals surface area contributed by atoms with Crippen molar-refractivity contribution in [3.63, 3.8) is 0 Å². The van der Waals surface area contributed by atoms with Gasteiger partial charge in [-0.1, -0.05) is 62.7 Å². The topological polar surface area (TPSA) is 21.3 Å².